The normalized spacial score (nSPS) is 10.6. The standard InChI is InChI=1S/C20H22N4O2/c25-19(23-21-15-7-13-17-9-3-1-4-10-17)20(26)24-22-16-8-14-18-11-5-2-6-12-18/h1-12,15-16,21-22H,13-14H2,(H,23,25)(H,24,26). The molecule has 0 radical (unpaired) electrons. The van der Waals surface area contributed by atoms with E-state index in [2.05, 4.69) is 21.7 Å². The molecule has 2 amide bonds. The molecule has 6 nitrogen and oxygen atoms in total. The molecule has 0 aliphatic carbocycles. The number of amides is 2. The van der Waals surface area contributed by atoms with E-state index in [9.17, 15) is 9.59 Å². The lowest BCUT2D eigenvalue weighted by Crippen LogP contribution is -2.47. The monoisotopic (exact) mass is 350 g/mol. The number of rotatable bonds is 8. The van der Waals surface area contributed by atoms with Crippen molar-refractivity contribution in [1.82, 2.24) is 21.7 Å². The van der Waals surface area contributed by atoms with Gasteiger partial charge in [-0.3, -0.25) is 20.4 Å². The summed E-state index contributed by atoms with van der Waals surface area (Å²) < 4.78 is 0. The van der Waals surface area contributed by atoms with Crippen LogP contribution >= 0.6 is 0 Å². The third kappa shape index (κ3) is 7.35. The van der Waals surface area contributed by atoms with Gasteiger partial charge in [-0.05, 0) is 24.0 Å². The molecule has 0 fully saturated rings. The zero-order valence-corrected chi connectivity index (χ0v) is 14.3. The molecule has 6 heteroatoms. The molecule has 134 valence electrons. The Morgan fingerprint density at radius 3 is 1.42 bits per heavy atom. The summed E-state index contributed by atoms with van der Waals surface area (Å²) in [4.78, 5) is 23.2. The van der Waals surface area contributed by atoms with Crippen molar-refractivity contribution < 1.29 is 9.59 Å². The Bertz CT molecular complexity index is 677. The van der Waals surface area contributed by atoms with Gasteiger partial charge in [0.1, 0.15) is 0 Å². The van der Waals surface area contributed by atoms with E-state index < -0.39 is 11.8 Å². The van der Waals surface area contributed by atoms with Gasteiger partial charge in [-0.1, -0.05) is 72.8 Å². The van der Waals surface area contributed by atoms with E-state index in [1.165, 1.54) is 0 Å². The molecule has 26 heavy (non-hydrogen) atoms. The maximum absolute atomic E-state index is 11.6. The summed E-state index contributed by atoms with van der Waals surface area (Å²) in [5.41, 5.74) is 12.0. The summed E-state index contributed by atoms with van der Waals surface area (Å²) in [6, 6.07) is 19.8. The second kappa shape index (κ2) is 11.1. The second-order valence-electron chi connectivity index (χ2n) is 5.38. The van der Waals surface area contributed by atoms with Gasteiger partial charge in [-0.15, -0.1) is 0 Å². The summed E-state index contributed by atoms with van der Waals surface area (Å²) in [6.07, 6.45) is 8.29. The lowest BCUT2D eigenvalue weighted by atomic mass is 10.1. The van der Waals surface area contributed by atoms with E-state index in [-0.39, 0.29) is 0 Å². The third-order valence-electron chi connectivity index (χ3n) is 3.37. The Morgan fingerprint density at radius 1 is 0.654 bits per heavy atom. The largest absolute Gasteiger partial charge is 0.329 e. The predicted molar refractivity (Wildman–Crippen MR) is 101 cm³/mol. The number of carbonyl (C=O) groups is 2. The third-order valence-corrected chi connectivity index (χ3v) is 3.37. The molecule has 0 unspecified atom stereocenters. The predicted octanol–water partition coefficient (Wildman–Crippen LogP) is 1.74. The zero-order valence-electron chi connectivity index (χ0n) is 14.3. The van der Waals surface area contributed by atoms with Crippen LogP contribution in [0.5, 0.6) is 0 Å². The first-order valence-electron chi connectivity index (χ1n) is 8.25. The second-order valence-corrected chi connectivity index (χ2v) is 5.38. The van der Waals surface area contributed by atoms with Gasteiger partial charge in [0.2, 0.25) is 0 Å². The molecule has 2 aromatic rings. The summed E-state index contributed by atoms with van der Waals surface area (Å²) in [5.74, 6) is -1.59. The minimum absolute atomic E-state index is 0.726. The van der Waals surface area contributed by atoms with Crippen LogP contribution in [0.15, 0.2) is 85.2 Å². The Hall–Kier alpha value is -3.54. The van der Waals surface area contributed by atoms with Crippen LogP contribution in [0.25, 0.3) is 0 Å². The fourth-order valence-corrected chi connectivity index (χ4v) is 2.06. The molecule has 0 aromatic heterocycles. The molecule has 2 aromatic carbocycles. The first-order valence-corrected chi connectivity index (χ1v) is 8.25. The number of hydrazine groups is 2. The lowest BCUT2D eigenvalue weighted by molar-refractivity contribution is -0.140. The van der Waals surface area contributed by atoms with Crippen LogP contribution in [0.2, 0.25) is 0 Å². The van der Waals surface area contributed by atoms with Crippen LogP contribution in [0.1, 0.15) is 11.1 Å². The van der Waals surface area contributed by atoms with Crippen molar-refractivity contribution in [2.75, 3.05) is 0 Å². The van der Waals surface area contributed by atoms with Crippen LogP contribution < -0.4 is 21.7 Å². The smallest absolute Gasteiger partial charge is 0.306 e. The molecule has 0 saturated carbocycles. The highest BCUT2D eigenvalue weighted by molar-refractivity contribution is 6.34. The topological polar surface area (TPSA) is 82.3 Å². The highest BCUT2D eigenvalue weighted by Crippen LogP contribution is 2.00. The van der Waals surface area contributed by atoms with Crippen LogP contribution in [0, 0.1) is 0 Å². The summed E-state index contributed by atoms with van der Waals surface area (Å²) >= 11 is 0. The van der Waals surface area contributed by atoms with Gasteiger partial charge in [-0.2, -0.15) is 0 Å². The molecular formula is C20H22N4O2. The molecule has 4 N–H and O–H groups in total. The van der Waals surface area contributed by atoms with Gasteiger partial charge in [0, 0.05) is 12.4 Å². The highest BCUT2D eigenvalue weighted by Gasteiger charge is 2.10. The van der Waals surface area contributed by atoms with E-state index in [1.807, 2.05) is 72.8 Å². The zero-order chi connectivity index (χ0) is 18.5. The van der Waals surface area contributed by atoms with Crippen molar-refractivity contribution in [3.8, 4) is 0 Å². The number of allylic oxidation sites excluding steroid dienone is 2. The van der Waals surface area contributed by atoms with E-state index in [4.69, 9.17) is 0 Å². The van der Waals surface area contributed by atoms with Gasteiger partial charge in [0.15, 0.2) is 0 Å². The molecule has 0 aliphatic rings. The van der Waals surface area contributed by atoms with Crippen LogP contribution in [0.3, 0.4) is 0 Å². The van der Waals surface area contributed by atoms with Gasteiger partial charge in [0.25, 0.3) is 0 Å². The van der Waals surface area contributed by atoms with Gasteiger partial charge >= 0.3 is 11.8 Å². The number of hydrogen-bond donors (Lipinski definition) is 4. The first-order chi connectivity index (χ1) is 12.8. The minimum Gasteiger partial charge on any atom is -0.306 e. The summed E-state index contributed by atoms with van der Waals surface area (Å²) in [5, 5.41) is 0. The quantitative estimate of drug-likeness (QED) is 0.432. The average Bonchev–Trinajstić information content (AvgIpc) is 2.68. The number of nitrogens with one attached hydrogen (secondary N) is 4. The Balaban J connectivity index is 1.58. The Labute approximate surface area is 152 Å². The van der Waals surface area contributed by atoms with Crippen LogP contribution in [0.4, 0.5) is 0 Å². The average molecular weight is 350 g/mol. The van der Waals surface area contributed by atoms with E-state index in [1.54, 1.807) is 12.4 Å². The summed E-state index contributed by atoms with van der Waals surface area (Å²) in [6.45, 7) is 0. The van der Waals surface area contributed by atoms with Crippen molar-refractivity contribution in [3.63, 3.8) is 0 Å². The molecule has 0 saturated heterocycles. The van der Waals surface area contributed by atoms with Crippen LogP contribution in [-0.2, 0) is 22.4 Å². The SMILES string of the molecule is O=C(NNC=CCc1ccccc1)C(=O)NNC=CCc1ccccc1. The molecule has 2 rings (SSSR count). The fraction of sp³-hybridized carbons (Fsp3) is 0.100. The van der Waals surface area contributed by atoms with Gasteiger partial charge in [0.05, 0.1) is 0 Å². The maximum atomic E-state index is 11.6. The summed E-state index contributed by atoms with van der Waals surface area (Å²) in [7, 11) is 0. The van der Waals surface area contributed by atoms with Crippen molar-refractivity contribution in [2.45, 2.75) is 12.8 Å². The van der Waals surface area contributed by atoms with Crippen molar-refractivity contribution in [3.05, 3.63) is 96.3 Å². The fourth-order valence-electron chi connectivity index (χ4n) is 2.06. The van der Waals surface area contributed by atoms with Crippen molar-refractivity contribution in [2.24, 2.45) is 0 Å². The molecule has 0 atom stereocenters. The highest BCUT2D eigenvalue weighted by atomic mass is 16.2. The van der Waals surface area contributed by atoms with Gasteiger partial charge in [-0.25, -0.2) is 0 Å². The van der Waals surface area contributed by atoms with E-state index in [0.29, 0.717) is 0 Å². The Kier molecular flexibility index (Phi) is 8.02. The van der Waals surface area contributed by atoms with Crippen molar-refractivity contribution >= 4 is 11.8 Å². The Morgan fingerprint density at radius 2 is 1.04 bits per heavy atom. The number of benzene rings is 2. The maximum Gasteiger partial charge on any atom is 0.329 e. The molecule has 0 bridgehead atoms. The molecule has 0 aliphatic heterocycles. The van der Waals surface area contributed by atoms with Crippen molar-refractivity contribution in [1.29, 1.82) is 0 Å². The molecule has 0 spiro atoms. The first kappa shape index (κ1) is 18.8. The molecule has 0 heterocycles. The number of hydrogen-bond acceptors (Lipinski definition) is 4. The lowest BCUT2D eigenvalue weighted by Gasteiger charge is -2.05. The molecular weight excluding hydrogens is 328 g/mol. The van der Waals surface area contributed by atoms with Crippen LogP contribution in [-0.4, -0.2) is 11.8 Å². The van der Waals surface area contributed by atoms with Gasteiger partial charge < -0.3 is 10.9 Å². The minimum atomic E-state index is -0.793. The van der Waals surface area contributed by atoms with E-state index in [0.717, 1.165) is 24.0 Å². The van der Waals surface area contributed by atoms with E-state index >= 15 is 0 Å². The number of carbonyl (C=O) groups excluding carboxylic acids is 2.